The molecule has 1 fully saturated rings. The van der Waals surface area contributed by atoms with Crippen molar-refractivity contribution < 1.29 is 18.3 Å². The summed E-state index contributed by atoms with van der Waals surface area (Å²) in [5.74, 6) is 5.80. The predicted molar refractivity (Wildman–Crippen MR) is 98.4 cm³/mol. The minimum Gasteiger partial charge on any atom is -0.491 e. The molecule has 1 atom stereocenters. The zero-order valence-electron chi connectivity index (χ0n) is 15.7. The maximum absolute atomic E-state index is 14.3. The Morgan fingerprint density at radius 1 is 1.08 bits per heavy atom. The molecule has 0 bridgehead atoms. The molecular formula is C22H28F2O2. The van der Waals surface area contributed by atoms with Crippen LogP contribution in [0.4, 0.5) is 8.78 Å². The molecule has 1 aromatic carbocycles. The molecule has 26 heavy (non-hydrogen) atoms. The highest BCUT2D eigenvalue weighted by Crippen LogP contribution is 2.37. The summed E-state index contributed by atoms with van der Waals surface area (Å²) in [6.07, 6.45) is 8.31. The van der Waals surface area contributed by atoms with Gasteiger partial charge in [0.25, 0.3) is 0 Å². The molecule has 4 heteroatoms. The molecule has 2 nitrogen and oxygen atoms in total. The molecule has 0 aromatic heterocycles. The van der Waals surface area contributed by atoms with E-state index in [1.807, 2.05) is 0 Å². The minimum absolute atomic E-state index is 0.00292. The van der Waals surface area contributed by atoms with E-state index in [0.717, 1.165) is 18.8 Å². The number of rotatable bonds is 4. The van der Waals surface area contributed by atoms with Gasteiger partial charge in [-0.15, -0.1) is 0 Å². The van der Waals surface area contributed by atoms with Gasteiger partial charge < -0.3 is 9.47 Å². The summed E-state index contributed by atoms with van der Waals surface area (Å²) < 4.78 is 39.2. The third-order valence-electron chi connectivity index (χ3n) is 5.43. The van der Waals surface area contributed by atoms with Crippen molar-refractivity contribution in [3.63, 3.8) is 0 Å². The van der Waals surface area contributed by atoms with E-state index in [0.29, 0.717) is 30.9 Å². The van der Waals surface area contributed by atoms with Crippen LogP contribution in [-0.4, -0.2) is 12.7 Å². The number of halogens is 2. The van der Waals surface area contributed by atoms with Crippen molar-refractivity contribution in [2.75, 3.05) is 6.61 Å². The Morgan fingerprint density at radius 2 is 1.85 bits per heavy atom. The maximum atomic E-state index is 14.3. The summed E-state index contributed by atoms with van der Waals surface area (Å²) in [6, 6.07) is 1.55. The zero-order chi connectivity index (χ0) is 18.5. The summed E-state index contributed by atoms with van der Waals surface area (Å²) in [7, 11) is 0. The quantitative estimate of drug-likeness (QED) is 0.643. The van der Waals surface area contributed by atoms with Gasteiger partial charge in [0.2, 0.25) is 11.6 Å². The molecule has 3 rings (SSSR count). The Kier molecular flexibility index (Phi) is 6.40. The lowest BCUT2D eigenvalue weighted by molar-refractivity contribution is 0.209. The van der Waals surface area contributed by atoms with Crippen LogP contribution in [-0.2, 0) is 6.42 Å². The minimum atomic E-state index is -0.978. The Morgan fingerprint density at radius 3 is 2.54 bits per heavy atom. The van der Waals surface area contributed by atoms with Crippen LogP contribution in [0.15, 0.2) is 6.07 Å². The largest absolute Gasteiger partial charge is 0.491 e. The lowest BCUT2D eigenvalue weighted by Crippen LogP contribution is -2.23. The average molecular weight is 362 g/mol. The first kappa shape index (κ1) is 19.0. The number of benzene rings is 1. The predicted octanol–water partition coefficient (Wildman–Crippen LogP) is 5.67. The van der Waals surface area contributed by atoms with Crippen molar-refractivity contribution in [3.8, 4) is 23.3 Å². The Bertz CT molecular complexity index is 682. The monoisotopic (exact) mass is 362 g/mol. The lowest BCUT2D eigenvalue weighted by atomic mass is 9.80. The molecule has 1 aliphatic heterocycles. The molecular weight excluding hydrogens is 334 g/mol. The highest BCUT2D eigenvalue weighted by molar-refractivity contribution is 5.45. The standard InChI is InChI=1S/C22H28F2O2/c1-3-5-15-6-8-16(9-7-15)10-12-18-13-11-17-14-19(25-4-2)20(23)21(24)22(17)26-18/h14-16,18H,3-9,11,13H2,1-2H3. The van der Waals surface area contributed by atoms with E-state index in [1.165, 1.54) is 25.7 Å². The van der Waals surface area contributed by atoms with Crippen molar-refractivity contribution >= 4 is 0 Å². The zero-order valence-corrected chi connectivity index (χ0v) is 15.7. The molecule has 2 aliphatic rings. The van der Waals surface area contributed by atoms with Crippen LogP contribution in [0, 0.1) is 35.3 Å². The fourth-order valence-electron chi connectivity index (χ4n) is 4.01. The van der Waals surface area contributed by atoms with Crippen LogP contribution >= 0.6 is 0 Å². The topological polar surface area (TPSA) is 18.5 Å². The molecule has 0 saturated heterocycles. The van der Waals surface area contributed by atoms with Crippen molar-refractivity contribution in [2.45, 2.75) is 71.3 Å². The van der Waals surface area contributed by atoms with E-state index in [4.69, 9.17) is 9.47 Å². The van der Waals surface area contributed by atoms with Crippen molar-refractivity contribution in [2.24, 2.45) is 11.8 Å². The van der Waals surface area contributed by atoms with Crippen molar-refractivity contribution in [1.82, 2.24) is 0 Å². The molecule has 142 valence electrons. The molecule has 1 unspecified atom stereocenters. The summed E-state index contributed by atoms with van der Waals surface area (Å²) in [5, 5.41) is 0. The molecule has 1 aromatic rings. The second-order valence-corrected chi connectivity index (χ2v) is 7.36. The van der Waals surface area contributed by atoms with Crippen LogP contribution in [0.2, 0.25) is 0 Å². The van der Waals surface area contributed by atoms with Crippen LogP contribution in [0.1, 0.15) is 64.4 Å². The van der Waals surface area contributed by atoms with Gasteiger partial charge >= 0.3 is 0 Å². The van der Waals surface area contributed by atoms with Gasteiger partial charge in [-0.2, -0.15) is 8.78 Å². The number of fused-ring (bicyclic) bond motifs is 1. The van der Waals surface area contributed by atoms with E-state index in [-0.39, 0.29) is 17.6 Å². The second kappa shape index (κ2) is 8.75. The van der Waals surface area contributed by atoms with E-state index in [2.05, 4.69) is 18.8 Å². The molecule has 0 spiro atoms. The van der Waals surface area contributed by atoms with Gasteiger partial charge in [0, 0.05) is 11.5 Å². The first-order valence-electron chi connectivity index (χ1n) is 9.93. The number of hydrogen-bond acceptors (Lipinski definition) is 2. The smallest absolute Gasteiger partial charge is 0.204 e. The summed E-state index contributed by atoms with van der Waals surface area (Å²) >= 11 is 0. The van der Waals surface area contributed by atoms with Gasteiger partial charge in [0.15, 0.2) is 17.6 Å². The van der Waals surface area contributed by atoms with Gasteiger partial charge in [-0.05, 0) is 57.4 Å². The Labute approximate surface area is 155 Å². The molecule has 1 aliphatic carbocycles. The highest BCUT2D eigenvalue weighted by Gasteiger charge is 2.27. The summed E-state index contributed by atoms with van der Waals surface area (Å²) in [5.41, 5.74) is 0.658. The fourth-order valence-corrected chi connectivity index (χ4v) is 4.01. The SMILES string of the molecule is CCCC1CCC(C#CC2CCc3cc(OCC)c(F)c(F)c3O2)CC1. The van der Waals surface area contributed by atoms with Gasteiger partial charge in [-0.3, -0.25) is 0 Å². The molecule has 1 saturated carbocycles. The summed E-state index contributed by atoms with van der Waals surface area (Å²) in [4.78, 5) is 0. The van der Waals surface area contributed by atoms with Crippen LogP contribution in [0.25, 0.3) is 0 Å². The van der Waals surface area contributed by atoms with Crippen LogP contribution in [0.3, 0.4) is 0 Å². The third-order valence-corrected chi connectivity index (χ3v) is 5.43. The first-order chi connectivity index (χ1) is 12.6. The Hall–Kier alpha value is -1.76. The maximum Gasteiger partial charge on any atom is 0.204 e. The van der Waals surface area contributed by atoms with Crippen LogP contribution < -0.4 is 9.47 Å². The lowest BCUT2D eigenvalue weighted by Gasteiger charge is -2.26. The van der Waals surface area contributed by atoms with E-state index in [9.17, 15) is 8.78 Å². The highest BCUT2D eigenvalue weighted by atomic mass is 19.2. The number of aryl methyl sites for hydroxylation is 1. The molecule has 0 N–H and O–H groups in total. The van der Waals surface area contributed by atoms with Crippen molar-refractivity contribution in [1.29, 1.82) is 0 Å². The second-order valence-electron chi connectivity index (χ2n) is 7.36. The van der Waals surface area contributed by atoms with E-state index in [1.54, 1.807) is 13.0 Å². The molecule has 0 amide bonds. The first-order valence-corrected chi connectivity index (χ1v) is 9.93. The number of hydrogen-bond donors (Lipinski definition) is 0. The summed E-state index contributed by atoms with van der Waals surface area (Å²) in [6.45, 7) is 4.28. The number of ether oxygens (including phenoxy) is 2. The Balaban J connectivity index is 1.64. The van der Waals surface area contributed by atoms with Gasteiger partial charge in [0.1, 0.15) is 0 Å². The third kappa shape index (κ3) is 4.31. The normalized spacial score (nSPS) is 24.8. The van der Waals surface area contributed by atoms with Crippen molar-refractivity contribution in [3.05, 3.63) is 23.3 Å². The van der Waals surface area contributed by atoms with Gasteiger partial charge in [0.05, 0.1) is 6.61 Å². The fraction of sp³-hybridized carbons (Fsp3) is 0.636. The molecule has 1 heterocycles. The van der Waals surface area contributed by atoms with Gasteiger partial charge in [-0.1, -0.05) is 31.6 Å². The van der Waals surface area contributed by atoms with E-state index < -0.39 is 11.6 Å². The van der Waals surface area contributed by atoms with E-state index >= 15 is 0 Å². The average Bonchev–Trinajstić information content (AvgIpc) is 2.66. The van der Waals surface area contributed by atoms with Gasteiger partial charge in [-0.25, -0.2) is 0 Å². The molecule has 0 radical (unpaired) electrons. The van der Waals surface area contributed by atoms with Crippen LogP contribution in [0.5, 0.6) is 11.5 Å².